The van der Waals surface area contributed by atoms with E-state index in [1.54, 1.807) is 25.2 Å². The van der Waals surface area contributed by atoms with Gasteiger partial charge in [0, 0.05) is 18.0 Å². The number of likely N-dealkylation sites (N-methyl/N-ethyl adjacent to an activating group) is 1. The van der Waals surface area contributed by atoms with Crippen molar-refractivity contribution in [1.29, 1.82) is 0 Å². The number of thioether (sulfide) groups is 1. The topological polar surface area (TPSA) is 69.6 Å². The van der Waals surface area contributed by atoms with Crippen LogP contribution >= 0.6 is 11.8 Å². The van der Waals surface area contributed by atoms with Crippen molar-refractivity contribution in [3.05, 3.63) is 24.3 Å². The van der Waals surface area contributed by atoms with Crippen LogP contribution in [0.4, 0.5) is 0 Å². The molecule has 0 unspecified atom stereocenters. The number of hydrogen-bond donors (Lipinski definition) is 2. The molecule has 0 bridgehead atoms. The largest absolute Gasteiger partial charge is 0.508 e. The third-order valence-corrected chi connectivity index (χ3v) is 3.91. The molecule has 0 spiro atoms. The van der Waals surface area contributed by atoms with Gasteiger partial charge in [-0.25, -0.2) is 0 Å². The molecule has 0 radical (unpaired) electrons. The molecular formula is C14H18N2O3S. The van der Waals surface area contributed by atoms with Crippen LogP contribution in [0.25, 0.3) is 0 Å². The first-order valence-corrected chi connectivity index (χ1v) is 7.48. The van der Waals surface area contributed by atoms with Gasteiger partial charge in [0.15, 0.2) is 0 Å². The predicted molar refractivity (Wildman–Crippen MR) is 77.6 cm³/mol. The Balaban J connectivity index is 1.74. The van der Waals surface area contributed by atoms with E-state index in [1.807, 2.05) is 6.07 Å². The number of hydrogen-bond acceptors (Lipinski definition) is 4. The quantitative estimate of drug-likeness (QED) is 0.774. The van der Waals surface area contributed by atoms with Crippen molar-refractivity contribution >= 4 is 23.6 Å². The van der Waals surface area contributed by atoms with Gasteiger partial charge in [-0.1, -0.05) is 6.07 Å². The number of phenols is 1. The Labute approximate surface area is 122 Å². The van der Waals surface area contributed by atoms with Gasteiger partial charge in [-0.3, -0.25) is 9.59 Å². The molecule has 0 aromatic heterocycles. The highest BCUT2D eigenvalue weighted by Gasteiger charge is 2.24. The van der Waals surface area contributed by atoms with Crippen molar-refractivity contribution in [3.63, 3.8) is 0 Å². The molecule has 5 nitrogen and oxygen atoms in total. The van der Waals surface area contributed by atoms with Gasteiger partial charge in [-0.05, 0) is 31.0 Å². The van der Waals surface area contributed by atoms with Crippen molar-refractivity contribution in [2.24, 2.45) is 0 Å². The van der Waals surface area contributed by atoms with E-state index in [9.17, 15) is 14.7 Å². The van der Waals surface area contributed by atoms with E-state index in [2.05, 4.69) is 5.32 Å². The molecule has 6 heteroatoms. The second kappa shape index (κ2) is 6.65. The molecule has 1 aromatic carbocycles. The highest BCUT2D eigenvalue weighted by atomic mass is 32.2. The van der Waals surface area contributed by atoms with Gasteiger partial charge >= 0.3 is 0 Å². The molecule has 1 saturated carbocycles. The minimum absolute atomic E-state index is 0.0932. The van der Waals surface area contributed by atoms with Gasteiger partial charge in [0.05, 0.1) is 12.3 Å². The van der Waals surface area contributed by atoms with E-state index in [1.165, 1.54) is 16.7 Å². The summed E-state index contributed by atoms with van der Waals surface area (Å²) in [6.07, 6.45) is 2.08. The highest BCUT2D eigenvalue weighted by molar-refractivity contribution is 8.00. The number of carbonyl (C=O) groups is 2. The molecule has 1 aliphatic carbocycles. The molecule has 0 saturated heterocycles. The maximum absolute atomic E-state index is 11.9. The van der Waals surface area contributed by atoms with Crippen LogP contribution in [0.2, 0.25) is 0 Å². The SMILES string of the molecule is CN(CC(=O)NC1CC1)C(=O)CSc1cccc(O)c1. The molecule has 2 N–H and O–H groups in total. The molecule has 108 valence electrons. The van der Waals surface area contributed by atoms with Crippen LogP contribution < -0.4 is 5.32 Å². The van der Waals surface area contributed by atoms with Crippen LogP contribution in [0.1, 0.15) is 12.8 Å². The predicted octanol–water partition coefficient (Wildman–Crippen LogP) is 1.22. The first kappa shape index (κ1) is 14.7. The summed E-state index contributed by atoms with van der Waals surface area (Å²) >= 11 is 1.34. The summed E-state index contributed by atoms with van der Waals surface area (Å²) in [6, 6.07) is 7.07. The van der Waals surface area contributed by atoms with Gasteiger partial charge in [0.1, 0.15) is 5.75 Å². The van der Waals surface area contributed by atoms with Gasteiger partial charge in [-0.2, -0.15) is 0 Å². The summed E-state index contributed by atoms with van der Waals surface area (Å²) in [5, 5.41) is 12.2. The lowest BCUT2D eigenvalue weighted by Gasteiger charge is -2.16. The van der Waals surface area contributed by atoms with E-state index in [-0.39, 0.29) is 29.9 Å². The lowest BCUT2D eigenvalue weighted by molar-refractivity contribution is -0.132. The second-order valence-corrected chi connectivity index (χ2v) is 5.93. The molecule has 0 aliphatic heterocycles. The van der Waals surface area contributed by atoms with Crippen LogP contribution in [-0.2, 0) is 9.59 Å². The average Bonchev–Trinajstić information content (AvgIpc) is 3.19. The summed E-state index contributed by atoms with van der Waals surface area (Å²) < 4.78 is 0. The molecule has 0 atom stereocenters. The number of nitrogens with one attached hydrogen (secondary N) is 1. The third-order valence-electron chi connectivity index (χ3n) is 2.93. The van der Waals surface area contributed by atoms with Gasteiger partial charge in [-0.15, -0.1) is 11.8 Å². The maximum atomic E-state index is 11.9. The fourth-order valence-corrected chi connectivity index (χ4v) is 2.52. The number of amides is 2. The second-order valence-electron chi connectivity index (χ2n) is 4.88. The zero-order valence-electron chi connectivity index (χ0n) is 11.3. The summed E-state index contributed by atoms with van der Waals surface area (Å²) in [4.78, 5) is 25.7. The van der Waals surface area contributed by atoms with E-state index in [4.69, 9.17) is 0 Å². The van der Waals surface area contributed by atoms with E-state index >= 15 is 0 Å². The van der Waals surface area contributed by atoms with Crippen molar-refractivity contribution in [2.45, 2.75) is 23.8 Å². The Morgan fingerprint density at radius 2 is 2.20 bits per heavy atom. The molecule has 0 heterocycles. The molecular weight excluding hydrogens is 276 g/mol. The molecule has 1 aromatic rings. The third kappa shape index (κ3) is 4.77. The van der Waals surface area contributed by atoms with Crippen LogP contribution in [-0.4, -0.2) is 47.2 Å². The fraction of sp³-hybridized carbons (Fsp3) is 0.429. The zero-order chi connectivity index (χ0) is 14.5. The number of benzene rings is 1. The van der Waals surface area contributed by atoms with Crippen LogP contribution in [0.15, 0.2) is 29.2 Å². The van der Waals surface area contributed by atoms with E-state index in [0.29, 0.717) is 6.04 Å². The molecule has 1 aliphatic rings. The molecule has 2 amide bonds. The lowest BCUT2D eigenvalue weighted by atomic mass is 10.3. The summed E-state index contributed by atoms with van der Waals surface area (Å²) in [6.45, 7) is 0.0932. The first-order chi connectivity index (χ1) is 9.54. The minimum Gasteiger partial charge on any atom is -0.508 e. The number of phenolic OH excluding ortho intramolecular Hbond substituents is 1. The number of aromatic hydroxyl groups is 1. The van der Waals surface area contributed by atoms with Crippen LogP contribution in [0.3, 0.4) is 0 Å². The lowest BCUT2D eigenvalue weighted by Crippen LogP contribution is -2.39. The Bertz CT molecular complexity index is 503. The number of carbonyl (C=O) groups excluding carboxylic acids is 2. The Morgan fingerprint density at radius 3 is 2.85 bits per heavy atom. The van der Waals surface area contributed by atoms with Gasteiger partial charge < -0.3 is 15.3 Å². The van der Waals surface area contributed by atoms with E-state index in [0.717, 1.165) is 17.7 Å². The minimum atomic E-state index is -0.107. The molecule has 2 rings (SSSR count). The van der Waals surface area contributed by atoms with E-state index < -0.39 is 0 Å². The highest BCUT2D eigenvalue weighted by Crippen LogP contribution is 2.22. The Morgan fingerprint density at radius 1 is 1.45 bits per heavy atom. The Hall–Kier alpha value is -1.69. The van der Waals surface area contributed by atoms with Gasteiger partial charge in [0.25, 0.3) is 0 Å². The van der Waals surface area contributed by atoms with Crippen molar-refractivity contribution < 1.29 is 14.7 Å². The molecule has 1 fully saturated rings. The van der Waals surface area contributed by atoms with Crippen LogP contribution in [0.5, 0.6) is 5.75 Å². The smallest absolute Gasteiger partial charge is 0.239 e. The van der Waals surface area contributed by atoms with Crippen LogP contribution in [0, 0.1) is 0 Å². The maximum Gasteiger partial charge on any atom is 0.239 e. The average molecular weight is 294 g/mol. The first-order valence-electron chi connectivity index (χ1n) is 6.50. The number of nitrogens with zero attached hydrogens (tertiary/aromatic N) is 1. The van der Waals surface area contributed by atoms with Gasteiger partial charge in [0.2, 0.25) is 11.8 Å². The monoisotopic (exact) mass is 294 g/mol. The van der Waals surface area contributed by atoms with Crippen molar-refractivity contribution in [2.75, 3.05) is 19.3 Å². The standard InChI is InChI=1S/C14H18N2O3S/c1-16(8-13(18)15-10-5-6-10)14(19)9-20-12-4-2-3-11(17)7-12/h2-4,7,10,17H,5-6,8-9H2,1H3,(H,15,18). The fourth-order valence-electron chi connectivity index (χ4n) is 1.63. The summed E-state index contributed by atoms with van der Waals surface area (Å²) in [7, 11) is 1.62. The number of rotatable bonds is 6. The molecule has 20 heavy (non-hydrogen) atoms. The normalized spacial score (nSPS) is 13.8. The van der Waals surface area contributed by atoms with Crippen molar-refractivity contribution in [3.8, 4) is 5.75 Å². The summed E-state index contributed by atoms with van der Waals surface area (Å²) in [5.74, 6) is 0.214. The van der Waals surface area contributed by atoms with Crippen molar-refractivity contribution in [1.82, 2.24) is 10.2 Å². The Kier molecular flexibility index (Phi) is 4.89. The zero-order valence-corrected chi connectivity index (χ0v) is 12.2. The summed E-state index contributed by atoms with van der Waals surface area (Å²) in [5.41, 5.74) is 0.